The highest BCUT2D eigenvalue weighted by Crippen LogP contribution is 2.15. The van der Waals surface area contributed by atoms with Gasteiger partial charge in [0.2, 0.25) is 0 Å². The molecule has 4 nitrogen and oxygen atoms in total. The van der Waals surface area contributed by atoms with Crippen LogP contribution in [0.1, 0.15) is 23.7 Å². The van der Waals surface area contributed by atoms with Crippen LogP contribution in [0.15, 0.2) is 77.6 Å². The van der Waals surface area contributed by atoms with Gasteiger partial charge in [0.05, 0.1) is 18.2 Å². The molecule has 0 aliphatic rings. The Balaban J connectivity index is 2.21. The minimum atomic E-state index is -0.131. The van der Waals surface area contributed by atoms with E-state index in [9.17, 15) is 4.79 Å². The molecule has 2 aromatic rings. The Morgan fingerprint density at radius 3 is 2.77 bits per heavy atom. The average Bonchev–Trinajstić information content (AvgIpc) is 2.63. The van der Waals surface area contributed by atoms with Crippen molar-refractivity contribution in [3.8, 4) is 11.8 Å². The van der Waals surface area contributed by atoms with Crippen molar-refractivity contribution < 1.29 is 4.74 Å². The lowest BCUT2D eigenvalue weighted by Gasteiger charge is -2.13. The van der Waals surface area contributed by atoms with Gasteiger partial charge in [0.1, 0.15) is 12.4 Å². The minimum Gasteiger partial charge on any atom is -0.489 e. The summed E-state index contributed by atoms with van der Waals surface area (Å²) in [5.74, 6) is 0.497. The van der Waals surface area contributed by atoms with Crippen LogP contribution in [0.25, 0.3) is 0 Å². The molecule has 132 valence electrons. The quantitative estimate of drug-likeness (QED) is 0.703. The van der Waals surface area contributed by atoms with Gasteiger partial charge in [0.25, 0.3) is 5.56 Å². The Morgan fingerprint density at radius 1 is 1.35 bits per heavy atom. The zero-order valence-electron chi connectivity index (χ0n) is 15.1. The summed E-state index contributed by atoms with van der Waals surface area (Å²) in [5.41, 5.74) is 3.03. The number of aryl methyl sites for hydroxylation is 1. The van der Waals surface area contributed by atoms with E-state index in [1.54, 1.807) is 16.7 Å². The van der Waals surface area contributed by atoms with Gasteiger partial charge in [-0.05, 0) is 31.6 Å². The van der Waals surface area contributed by atoms with E-state index in [1.165, 1.54) is 6.07 Å². The number of hydrogen-bond donors (Lipinski definition) is 0. The fourth-order valence-corrected chi connectivity index (χ4v) is 2.61. The number of allylic oxidation sites excluding steroid dienone is 5. The molecule has 0 atom stereocenters. The normalized spacial score (nSPS) is 11.3. The number of nitrogens with zero attached hydrogens (tertiary/aromatic N) is 2. The van der Waals surface area contributed by atoms with E-state index < -0.39 is 0 Å². The standard InChI is InChI=1S/C22H22N2O2/c1-4-8-18(9-5-2)15-24-17(3)12-21(13-22(24)25)26-16-20-11-7-6-10-19(20)14-23/h4-13H,1,15-16H2,2-3H3/b9-5-,18-8+. The first-order chi connectivity index (χ1) is 12.6. The second-order valence-electron chi connectivity index (χ2n) is 5.79. The Hall–Kier alpha value is -3.32. The summed E-state index contributed by atoms with van der Waals surface area (Å²) in [5, 5.41) is 9.13. The largest absolute Gasteiger partial charge is 0.489 e. The third kappa shape index (κ3) is 4.84. The van der Waals surface area contributed by atoms with Gasteiger partial charge in [-0.15, -0.1) is 0 Å². The van der Waals surface area contributed by atoms with Crippen LogP contribution in [0, 0.1) is 18.3 Å². The molecular weight excluding hydrogens is 324 g/mol. The fourth-order valence-electron chi connectivity index (χ4n) is 2.61. The first-order valence-electron chi connectivity index (χ1n) is 8.35. The fraction of sp³-hybridized carbons (Fsp3) is 0.182. The topological polar surface area (TPSA) is 55.0 Å². The summed E-state index contributed by atoms with van der Waals surface area (Å²) < 4.78 is 7.43. The van der Waals surface area contributed by atoms with Crippen molar-refractivity contribution in [2.75, 3.05) is 0 Å². The van der Waals surface area contributed by atoms with Gasteiger partial charge in [-0.3, -0.25) is 4.79 Å². The van der Waals surface area contributed by atoms with Crippen LogP contribution in [0.4, 0.5) is 0 Å². The third-order valence-electron chi connectivity index (χ3n) is 3.89. The number of hydrogen-bond acceptors (Lipinski definition) is 3. The minimum absolute atomic E-state index is 0.131. The molecule has 2 rings (SSSR count). The number of benzene rings is 1. The van der Waals surface area contributed by atoms with Gasteiger partial charge < -0.3 is 9.30 Å². The van der Waals surface area contributed by atoms with Crippen molar-refractivity contribution in [3.05, 3.63) is 100 Å². The second-order valence-corrected chi connectivity index (χ2v) is 5.79. The van der Waals surface area contributed by atoms with Gasteiger partial charge in [-0.2, -0.15) is 5.26 Å². The summed E-state index contributed by atoms with van der Waals surface area (Å²) in [6, 6.07) is 12.7. The summed E-state index contributed by atoms with van der Waals surface area (Å²) in [7, 11) is 0. The lowest BCUT2D eigenvalue weighted by atomic mass is 10.1. The Bertz CT molecular complexity index is 943. The van der Waals surface area contributed by atoms with Crippen molar-refractivity contribution >= 4 is 0 Å². The highest BCUT2D eigenvalue weighted by molar-refractivity contribution is 5.37. The summed E-state index contributed by atoms with van der Waals surface area (Å²) >= 11 is 0. The smallest absolute Gasteiger partial charge is 0.254 e. The number of pyridine rings is 1. The van der Waals surface area contributed by atoms with Crippen LogP contribution in [-0.2, 0) is 13.2 Å². The van der Waals surface area contributed by atoms with E-state index in [2.05, 4.69) is 12.6 Å². The highest BCUT2D eigenvalue weighted by atomic mass is 16.5. The Kier molecular flexibility index (Phi) is 6.75. The maximum atomic E-state index is 12.5. The first kappa shape index (κ1) is 19.0. The summed E-state index contributed by atoms with van der Waals surface area (Å²) in [6.07, 6.45) is 7.48. The van der Waals surface area contributed by atoms with Gasteiger partial charge in [-0.25, -0.2) is 0 Å². The Labute approximate surface area is 154 Å². The molecular formula is C22H22N2O2. The van der Waals surface area contributed by atoms with Crippen molar-refractivity contribution in [3.63, 3.8) is 0 Å². The van der Waals surface area contributed by atoms with Crippen molar-refractivity contribution in [1.82, 2.24) is 4.57 Å². The molecule has 26 heavy (non-hydrogen) atoms. The zero-order chi connectivity index (χ0) is 18.9. The molecule has 4 heteroatoms. The molecule has 0 aliphatic carbocycles. The zero-order valence-corrected chi connectivity index (χ0v) is 15.1. The predicted molar refractivity (Wildman–Crippen MR) is 104 cm³/mol. The van der Waals surface area contributed by atoms with Crippen LogP contribution in [0.2, 0.25) is 0 Å². The van der Waals surface area contributed by atoms with Crippen molar-refractivity contribution in [2.24, 2.45) is 0 Å². The van der Waals surface area contributed by atoms with Crippen LogP contribution in [-0.4, -0.2) is 4.57 Å². The number of rotatable bonds is 7. The molecule has 0 aliphatic heterocycles. The van der Waals surface area contributed by atoms with E-state index in [1.807, 2.05) is 56.3 Å². The molecule has 1 aromatic carbocycles. The molecule has 0 fully saturated rings. The van der Waals surface area contributed by atoms with E-state index in [0.717, 1.165) is 16.8 Å². The molecule has 1 aromatic heterocycles. The lowest BCUT2D eigenvalue weighted by molar-refractivity contribution is 0.304. The molecule has 0 bridgehead atoms. The summed E-state index contributed by atoms with van der Waals surface area (Å²) in [4.78, 5) is 12.5. The molecule has 0 unspecified atom stereocenters. The van der Waals surface area contributed by atoms with E-state index >= 15 is 0 Å². The number of ether oxygens (including phenoxy) is 1. The monoisotopic (exact) mass is 346 g/mol. The predicted octanol–water partition coefficient (Wildman–Crippen LogP) is 4.30. The van der Waals surface area contributed by atoms with Gasteiger partial charge >= 0.3 is 0 Å². The first-order valence-corrected chi connectivity index (χ1v) is 8.35. The summed E-state index contributed by atoms with van der Waals surface area (Å²) in [6.45, 7) is 8.23. The average molecular weight is 346 g/mol. The van der Waals surface area contributed by atoms with Gasteiger partial charge in [0, 0.05) is 17.3 Å². The second kappa shape index (κ2) is 9.24. The Morgan fingerprint density at radius 2 is 2.12 bits per heavy atom. The maximum absolute atomic E-state index is 12.5. The van der Waals surface area contributed by atoms with Gasteiger partial charge in [0.15, 0.2) is 0 Å². The van der Waals surface area contributed by atoms with Gasteiger partial charge in [-0.1, -0.05) is 49.1 Å². The third-order valence-corrected chi connectivity index (χ3v) is 3.89. The number of nitriles is 1. The molecule has 0 radical (unpaired) electrons. The molecule has 0 N–H and O–H groups in total. The van der Waals surface area contributed by atoms with E-state index in [-0.39, 0.29) is 12.2 Å². The molecule has 0 saturated carbocycles. The molecule has 0 amide bonds. The van der Waals surface area contributed by atoms with Crippen molar-refractivity contribution in [1.29, 1.82) is 5.26 Å². The van der Waals surface area contributed by atoms with Crippen LogP contribution in [0.5, 0.6) is 5.75 Å². The van der Waals surface area contributed by atoms with Crippen LogP contribution in [0.3, 0.4) is 0 Å². The van der Waals surface area contributed by atoms with E-state index in [4.69, 9.17) is 10.00 Å². The van der Waals surface area contributed by atoms with E-state index in [0.29, 0.717) is 17.9 Å². The molecule has 0 saturated heterocycles. The van der Waals surface area contributed by atoms with Crippen LogP contribution >= 0.6 is 0 Å². The van der Waals surface area contributed by atoms with Crippen molar-refractivity contribution in [2.45, 2.75) is 27.0 Å². The maximum Gasteiger partial charge on any atom is 0.254 e. The molecule has 0 spiro atoms. The number of aromatic nitrogens is 1. The SMILES string of the molecule is C=C/C=C(\C=C/C)Cn1c(C)cc(OCc2ccccc2C#N)cc1=O. The van der Waals surface area contributed by atoms with Crippen LogP contribution < -0.4 is 10.3 Å². The molecule has 1 heterocycles. The lowest BCUT2D eigenvalue weighted by Crippen LogP contribution is -2.22. The highest BCUT2D eigenvalue weighted by Gasteiger charge is 2.07.